The highest BCUT2D eigenvalue weighted by Crippen LogP contribution is 2.26. The van der Waals surface area contributed by atoms with Crippen LogP contribution in [0, 0.1) is 17.6 Å². The van der Waals surface area contributed by atoms with Crippen molar-refractivity contribution in [2.24, 2.45) is 10.9 Å². The highest BCUT2D eigenvalue weighted by atomic mass is 127. The molecule has 0 aliphatic carbocycles. The van der Waals surface area contributed by atoms with Crippen LogP contribution in [0.15, 0.2) is 23.2 Å². The summed E-state index contributed by atoms with van der Waals surface area (Å²) in [6.45, 7) is 9.16. The molecule has 0 spiro atoms. The average molecular weight is 556 g/mol. The Morgan fingerprint density at radius 1 is 1.27 bits per heavy atom. The van der Waals surface area contributed by atoms with E-state index in [0.717, 1.165) is 31.5 Å². The van der Waals surface area contributed by atoms with E-state index < -0.39 is 26.2 Å². The normalized spacial score (nSPS) is 23.2. The standard InChI is InChI=1S/C20H30F2N4O2S.HI/c1-4-23-19(26-9-10-29(27,28)20(2,3)14-26)24-12-15-7-8-25(13-15)16-5-6-17(21)18(22)11-16;/h5-6,11,15H,4,7-10,12-14H2,1-3H3,(H,23,24);1H. The highest BCUT2D eigenvalue weighted by Gasteiger charge is 2.41. The minimum Gasteiger partial charge on any atom is -0.371 e. The molecule has 2 fully saturated rings. The quantitative estimate of drug-likeness (QED) is 0.351. The first-order valence-electron chi connectivity index (χ1n) is 10.1. The fraction of sp³-hybridized carbons (Fsp3) is 0.650. The van der Waals surface area contributed by atoms with Crippen molar-refractivity contribution < 1.29 is 17.2 Å². The molecule has 30 heavy (non-hydrogen) atoms. The van der Waals surface area contributed by atoms with Crippen molar-refractivity contribution >= 4 is 45.5 Å². The molecular weight excluding hydrogens is 525 g/mol. The topological polar surface area (TPSA) is 65.0 Å². The number of hydrogen-bond acceptors (Lipinski definition) is 4. The summed E-state index contributed by atoms with van der Waals surface area (Å²) in [6, 6.07) is 4.00. The first-order chi connectivity index (χ1) is 13.6. The number of rotatable bonds is 4. The van der Waals surface area contributed by atoms with Crippen LogP contribution in [0.25, 0.3) is 0 Å². The lowest BCUT2D eigenvalue weighted by Gasteiger charge is -2.39. The van der Waals surface area contributed by atoms with E-state index in [4.69, 9.17) is 4.99 Å². The minimum atomic E-state index is -3.11. The Morgan fingerprint density at radius 2 is 2.00 bits per heavy atom. The van der Waals surface area contributed by atoms with Crippen molar-refractivity contribution in [1.29, 1.82) is 0 Å². The van der Waals surface area contributed by atoms with Crippen LogP contribution in [-0.4, -0.2) is 69.0 Å². The molecule has 1 unspecified atom stereocenters. The van der Waals surface area contributed by atoms with Gasteiger partial charge in [-0.25, -0.2) is 17.2 Å². The van der Waals surface area contributed by atoms with Gasteiger partial charge in [0.2, 0.25) is 0 Å². The van der Waals surface area contributed by atoms with Crippen molar-refractivity contribution in [3.63, 3.8) is 0 Å². The minimum absolute atomic E-state index is 0. The van der Waals surface area contributed by atoms with Gasteiger partial charge in [-0.3, -0.25) is 4.99 Å². The van der Waals surface area contributed by atoms with E-state index in [-0.39, 0.29) is 29.7 Å². The van der Waals surface area contributed by atoms with E-state index in [2.05, 4.69) is 5.32 Å². The van der Waals surface area contributed by atoms with Gasteiger partial charge in [0.25, 0.3) is 0 Å². The lowest BCUT2D eigenvalue weighted by Crippen LogP contribution is -2.57. The fourth-order valence-electron chi connectivity index (χ4n) is 3.86. The third-order valence-corrected chi connectivity index (χ3v) is 8.26. The summed E-state index contributed by atoms with van der Waals surface area (Å²) >= 11 is 0. The number of anilines is 1. The van der Waals surface area contributed by atoms with E-state index in [0.29, 0.717) is 37.8 Å². The first kappa shape index (κ1) is 25.1. The van der Waals surface area contributed by atoms with E-state index in [1.165, 1.54) is 6.07 Å². The van der Waals surface area contributed by atoms with Crippen molar-refractivity contribution in [2.75, 3.05) is 49.9 Å². The Bertz CT molecular complexity index is 880. The zero-order valence-corrected chi connectivity index (χ0v) is 20.8. The summed E-state index contributed by atoms with van der Waals surface area (Å²) in [5.74, 6) is -0.505. The van der Waals surface area contributed by atoms with Crippen molar-refractivity contribution in [1.82, 2.24) is 10.2 Å². The molecule has 2 heterocycles. The molecule has 10 heteroatoms. The molecular formula is C20H31F2IN4O2S. The second-order valence-electron chi connectivity index (χ2n) is 8.39. The van der Waals surface area contributed by atoms with Gasteiger partial charge in [-0.1, -0.05) is 0 Å². The van der Waals surface area contributed by atoms with Crippen LogP contribution in [0.2, 0.25) is 0 Å². The predicted octanol–water partition coefficient (Wildman–Crippen LogP) is 2.88. The van der Waals surface area contributed by atoms with Gasteiger partial charge in [-0.15, -0.1) is 24.0 Å². The summed E-state index contributed by atoms with van der Waals surface area (Å²) < 4.78 is 50.4. The summed E-state index contributed by atoms with van der Waals surface area (Å²) in [5, 5.41) is 3.27. The predicted molar refractivity (Wildman–Crippen MR) is 128 cm³/mol. The molecule has 6 nitrogen and oxygen atoms in total. The molecule has 0 amide bonds. The fourth-order valence-corrected chi connectivity index (χ4v) is 5.23. The number of guanidine groups is 1. The summed E-state index contributed by atoms with van der Waals surface area (Å²) in [4.78, 5) is 8.84. The van der Waals surface area contributed by atoms with Crippen molar-refractivity contribution in [3.8, 4) is 0 Å². The van der Waals surface area contributed by atoms with Gasteiger partial charge in [0, 0.05) is 51.0 Å². The van der Waals surface area contributed by atoms with Gasteiger partial charge < -0.3 is 15.1 Å². The Labute approximate surface area is 195 Å². The third kappa shape index (κ3) is 5.54. The second-order valence-corrected chi connectivity index (χ2v) is 11.1. The van der Waals surface area contributed by atoms with Crippen LogP contribution < -0.4 is 10.2 Å². The van der Waals surface area contributed by atoms with Gasteiger partial charge in [0.1, 0.15) is 0 Å². The average Bonchev–Trinajstić information content (AvgIpc) is 3.12. The molecule has 1 aromatic carbocycles. The maximum atomic E-state index is 13.5. The molecule has 2 aliphatic rings. The van der Waals surface area contributed by atoms with E-state index in [1.54, 1.807) is 19.9 Å². The lowest BCUT2D eigenvalue weighted by molar-refractivity contribution is 0.352. The van der Waals surface area contributed by atoms with E-state index in [1.807, 2.05) is 16.7 Å². The van der Waals surface area contributed by atoms with Gasteiger partial charge in [-0.05, 0) is 45.2 Å². The molecule has 170 valence electrons. The molecule has 1 aromatic rings. The van der Waals surface area contributed by atoms with E-state index in [9.17, 15) is 17.2 Å². The van der Waals surface area contributed by atoms with Crippen LogP contribution in [0.3, 0.4) is 0 Å². The maximum Gasteiger partial charge on any atom is 0.194 e. The van der Waals surface area contributed by atoms with Crippen LogP contribution in [0.1, 0.15) is 27.2 Å². The summed E-state index contributed by atoms with van der Waals surface area (Å²) in [7, 11) is -3.11. The smallest absolute Gasteiger partial charge is 0.194 e. The maximum absolute atomic E-state index is 13.5. The first-order valence-corrected chi connectivity index (χ1v) is 11.7. The Morgan fingerprint density at radius 3 is 2.63 bits per heavy atom. The molecule has 2 aliphatic heterocycles. The van der Waals surface area contributed by atoms with E-state index >= 15 is 0 Å². The van der Waals surface area contributed by atoms with Gasteiger partial charge in [-0.2, -0.15) is 0 Å². The summed E-state index contributed by atoms with van der Waals surface area (Å²) in [5.41, 5.74) is 0.685. The number of aliphatic imine (C=N–C) groups is 1. The van der Waals surface area contributed by atoms with Crippen molar-refractivity contribution in [3.05, 3.63) is 29.8 Å². The van der Waals surface area contributed by atoms with Gasteiger partial charge in [0.15, 0.2) is 27.4 Å². The Balaban J connectivity index is 0.00000320. The highest BCUT2D eigenvalue weighted by molar-refractivity contribution is 14.0. The number of benzene rings is 1. The monoisotopic (exact) mass is 556 g/mol. The van der Waals surface area contributed by atoms with Gasteiger partial charge >= 0.3 is 0 Å². The third-order valence-electron chi connectivity index (χ3n) is 5.73. The number of halogens is 3. The molecule has 0 radical (unpaired) electrons. The SMILES string of the molecule is CCNC(=NCC1CCN(c2ccc(F)c(F)c2)C1)N1CCS(=O)(=O)C(C)(C)C1.I. The number of hydrogen-bond donors (Lipinski definition) is 1. The largest absolute Gasteiger partial charge is 0.371 e. The molecule has 0 bridgehead atoms. The number of nitrogens with zero attached hydrogens (tertiary/aromatic N) is 3. The van der Waals surface area contributed by atoms with Crippen LogP contribution in [0.4, 0.5) is 14.5 Å². The molecule has 1 atom stereocenters. The molecule has 3 rings (SSSR count). The summed E-state index contributed by atoms with van der Waals surface area (Å²) in [6.07, 6.45) is 0.918. The zero-order valence-electron chi connectivity index (χ0n) is 17.7. The number of nitrogens with one attached hydrogen (secondary N) is 1. The van der Waals surface area contributed by atoms with Crippen LogP contribution >= 0.6 is 24.0 Å². The van der Waals surface area contributed by atoms with Crippen LogP contribution in [0.5, 0.6) is 0 Å². The molecule has 2 saturated heterocycles. The molecule has 0 aromatic heterocycles. The van der Waals surface area contributed by atoms with Crippen molar-refractivity contribution in [2.45, 2.75) is 31.9 Å². The zero-order chi connectivity index (χ0) is 21.2. The van der Waals surface area contributed by atoms with Crippen LogP contribution in [-0.2, 0) is 9.84 Å². The Kier molecular flexibility index (Phi) is 8.34. The molecule has 1 N–H and O–H groups in total. The lowest BCUT2D eigenvalue weighted by atomic mass is 10.1. The second kappa shape index (κ2) is 9.97. The molecule has 0 saturated carbocycles. The number of sulfone groups is 1. The Hall–Kier alpha value is -1.17. The van der Waals surface area contributed by atoms with Gasteiger partial charge in [0.05, 0.1) is 10.5 Å².